The molecule has 0 saturated heterocycles. The van der Waals surface area contributed by atoms with Crippen LogP contribution in [0.4, 0.5) is 0 Å². The Bertz CT molecular complexity index is 820. The third-order valence-corrected chi connectivity index (χ3v) is 3.52. The van der Waals surface area contributed by atoms with Gasteiger partial charge >= 0.3 is 5.97 Å². The van der Waals surface area contributed by atoms with E-state index >= 15 is 0 Å². The number of ketones is 1. The number of phenolic OH excluding ortho intramolecular Hbond substituents is 1. The molecule has 0 aliphatic rings. The van der Waals surface area contributed by atoms with E-state index < -0.39 is 17.4 Å². The molecule has 0 saturated carbocycles. The predicted molar refractivity (Wildman–Crippen MR) is 98.2 cm³/mol. The van der Waals surface area contributed by atoms with E-state index in [9.17, 15) is 14.7 Å². The summed E-state index contributed by atoms with van der Waals surface area (Å²) in [5.41, 5.74) is -0.515. The minimum atomic E-state index is -0.773. The first-order valence-corrected chi connectivity index (χ1v) is 8.36. The van der Waals surface area contributed by atoms with E-state index in [2.05, 4.69) is 20.9 Å². The lowest BCUT2D eigenvalue weighted by Crippen LogP contribution is -2.27. The average Bonchev–Trinajstić information content (AvgIpc) is 2.52. The number of phenols is 1. The van der Waals surface area contributed by atoms with Crippen LogP contribution in [0.25, 0.3) is 6.08 Å². The summed E-state index contributed by atoms with van der Waals surface area (Å²) in [6.45, 7) is 5.14. The molecule has 130 valence electrons. The van der Waals surface area contributed by atoms with Gasteiger partial charge in [-0.3, -0.25) is 9.78 Å². The fourth-order valence-electron chi connectivity index (χ4n) is 1.98. The summed E-state index contributed by atoms with van der Waals surface area (Å²) < 4.78 is 6.11. The number of ether oxygens (including phenoxy) is 1. The third-order valence-electron chi connectivity index (χ3n) is 3.05. The number of aromatic nitrogens is 1. The van der Waals surface area contributed by atoms with E-state index in [0.29, 0.717) is 5.69 Å². The molecule has 6 heteroatoms. The number of esters is 1. The van der Waals surface area contributed by atoms with Crippen LogP contribution in [0.1, 0.15) is 36.8 Å². The summed E-state index contributed by atoms with van der Waals surface area (Å²) in [6, 6.07) is 9.45. The molecule has 0 radical (unpaired) electrons. The highest BCUT2D eigenvalue weighted by atomic mass is 79.9. The van der Waals surface area contributed by atoms with Crippen molar-refractivity contribution in [2.45, 2.75) is 26.4 Å². The first kappa shape index (κ1) is 18.9. The minimum Gasteiger partial charge on any atom is -0.507 e. The molecule has 0 spiro atoms. The van der Waals surface area contributed by atoms with Gasteiger partial charge in [-0.1, -0.05) is 12.1 Å². The maximum atomic E-state index is 12.8. The molecule has 0 fully saturated rings. The van der Waals surface area contributed by atoms with E-state index in [0.717, 1.165) is 4.47 Å². The molecule has 0 atom stereocenters. The molecule has 1 aromatic carbocycles. The van der Waals surface area contributed by atoms with E-state index in [1.54, 1.807) is 51.2 Å². The van der Waals surface area contributed by atoms with E-state index in [-0.39, 0.29) is 16.9 Å². The van der Waals surface area contributed by atoms with Crippen molar-refractivity contribution >= 4 is 33.8 Å². The van der Waals surface area contributed by atoms with Gasteiger partial charge in [-0.2, -0.15) is 0 Å². The number of rotatable bonds is 4. The quantitative estimate of drug-likeness (QED) is 0.272. The molecule has 1 N–H and O–H groups in total. The molecular weight excluding hydrogens is 386 g/mol. The number of pyridine rings is 1. The smallest absolute Gasteiger partial charge is 0.342 e. The van der Waals surface area contributed by atoms with Crippen LogP contribution in [0.2, 0.25) is 0 Å². The highest BCUT2D eigenvalue weighted by molar-refractivity contribution is 9.10. The van der Waals surface area contributed by atoms with Gasteiger partial charge in [0.05, 0.1) is 11.3 Å². The van der Waals surface area contributed by atoms with Crippen molar-refractivity contribution in [3.05, 3.63) is 63.9 Å². The lowest BCUT2D eigenvalue weighted by molar-refractivity contribution is -0.149. The summed E-state index contributed by atoms with van der Waals surface area (Å²) in [5.74, 6) is -1.60. The SMILES string of the molecule is CC(C)(C)OC(=O)C(=Cc1ccc(Br)cn1)C(=O)c1ccccc1O. The molecule has 0 aliphatic heterocycles. The third kappa shape index (κ3) is 5.26. The van der Waals surface area contributed by atoms with Crippen LogP contribution in [0.5, 0.6) is 5.75 Å². The number of hydrogen-bond acceptors (Lipinski definition) is 5. The number of aromatic hydroxyl groups is 1. The predicted octanol–water partition coefficient (Wildman–Crippen LogP) is 4.16. The van der Waals surface area contributed by atoms with Crippen molar-refractivity contribution in [3.8, 4) is 5.75 Å². The summed E-state index contributed by atoms with van der Waals surface area (Å²) >= 11 is 3.28. The Kier molecular flexibility index (Phi) is 5.74. The second-order valence-corrected chi connectivity index (χ2v) is 7.22. The van der Waals surface area contributed by atoms with Gasteiger partial charge < -0.3 is 9.84 Å². The van der Waals surface area contributed by atoms with Crippen LogP contribution in [0.3, 0.4) is 0 Å². The number of para-hydroxylation sites is 1. The topological polar surface area (TPSA) is 76.5 Å². The number of carbonyl (C=O) groups excluding carboxylic acids is 2. The van der Waals surface area contributed by atoms with Crippen molar-refractivity contribution in [1.29, 1.82) is 0 Å². The van der Waals surface area contributed by atoms with Crippen LogP contribution < -0.4 is 0 Å². The molecule has 0 aliphatic carbocycles. The highest BCUT2D eigenvalue weighted by Crippen LogP contribution is 2.23. The Morgan fingerprint density at radius 2 is 1.84 bits per heavy atom. The number of Topliss-reactive ketones (excluding diaryl/α,β-unsaturated/α-hetero) is 1. The van der Waals surface area contributed by atoms with Crippen LogP contribution in [0, 0.1) is 0 Å². The Labute approximate surface area is 154 Å². The zero-order valence-corrected chi connectivity index (χ0v) is 15.7. The monoisotopic (exact) mass is 403 g/mol. The van der Waals surface area contributed by atoms with Gasteiger partial charge in [-0.15, -0.1) is 0 Å². The van der Waals surface area contributed by atoms with Crippen molar-refractivity contribution in [2.24, 2.45) is 0 Å². The summed E-state index contributed by atoms with van der Waals surface area (Å²) in [5, 5.41) is 9.92. The molecule has 1 heterocycles. The molecule has 2 aromatic rings. The Balaban J connectivity index is 2.48. The van der Waals surface area contributed by atoms with Gasteiger partial charge in [0.15, 0.2) is 0 Å². The van der Waals surface area contributed by atoms with Crippen molar-refractivity contribution in [1.82, 2.24) is 4.98 Å². The lowest BCUT2D eigenvalue weighted by atomic mass is 10.0. The zero-order valence-electron chi connectivity index (χ0n) is 14.1. The molecule has 0 amide bonds. The average molecular weight is 404 g/mol. The first-order chi connectivity index (χ1) is 11.7. The lowest BCUT2D eigenvalue weighted by Gasteiger charge is -2.20. The maximum absolute atomic E-state index is 12.8. The fraction of sp³-hybridized carbons (Fsp3) is 0.211. The van der Waals surface area contributed by atoms with Crippen LogP contribution >= 0.6 is 15.9 Å². The summed E-state index contributed by atoms with van der Waals surface area (Å²) in [7, 11) is 0. The van der Waals surface area contributed by atoms with Gasteiger partial charge in [0.1, 0.15) is 16.9 Å². The van der Waals surface area contributed by atoms with Crippen molar-refractivity contribution < 1.29 is 19.4 Å². The molecular formula is C19H18BrNO4. The van der Waals surface area contributed by atoms with Gasteiger partial charge in [-0.05, 0) is 67.0 Å². The van der Waals surface area contributed by atoms with Crippen molar-refractivity contribution in [3.63, 3.8) is 0 Å². The van der Waals surface area contributed by atoms with Crippen molar-refractivity contribution in [2.75, 3.05) is 0 Å². The highest BCUT2D eigenvalue weighted by Gasteiger charge is 2.27. The molecule has 0 bridgehead atoms. The second kappa shape index (κ2) is 7.61. The number of benzene rings is 1. The van der Waals surface area contributed by atoms with Crippen LogP contribution in [-0.4, -0.2) is 27.4 Å². The molecule has 1 aromatic heterocycles. The summed E-state index contributed by atoms with van der Waals surface area (Å²) in [4.78, 5) is 29.5. The summed E-state index contributed by atoms with van der Waals surface area (Å²) in [6.07, 6.45) is 2.91. The van der Waals surface area contributed by atoms with Gasteiger partial charge in [-0.25, -0.2) is 4.79 Å². The normalized spacial score (nSPS) is 11.9. The van der Waals surface area contributed by atoms with Crippen LogP contribution in [-0.2, 0) is 9.53 Å². The Morgan fingerprint density at radius 3 is 2.40 bits per heavy atom. The van der Waals surface area contributed by atoms with Gasteiger partial charge in [0.2, 0.25) is 5.78 Å². The second-order valence-electron chi connectivity index (χ2n) is 6.31. The minimum absolute atomic E-state index is 0.0247. The standard InChI is InChI=1S/C19H18BrNO4/c1-19(2,3)25-18(24)15(10-13-9-8-12(20)11-21-13)17(23)14-6-4-5-7-16(14)22/h4-11,22H,1-3H3. The van der Waals surface area contributed by atoms with Gasteiger partial charge in [0.25, 0.3) is 0 Å². The number of nitrogens with zero attached hydrogens (tertiary/aromatic N) is 1. The van der Waals surface area contributed by atoms with Gasteiger partial charge in [0, 0.05) is 10.7 Å². The number of carbonyl (C=O) groups is 2. The molecule has 5 nitrogen and oxygen atoms in total. The number of hydrogen-bond donors (Lipinski definition) is 1. The zero-order chi connectivity index (χ0) is 18.6. The van der Waals surface area contributed by atoms with E-state index in [4.69, 9.17) is 4.74 Å². The van der Waals surface area contributed by atoms with Crippen LogP contribution in [0.15, 0.2) is 52.6 Å². The fourth-order valence-corrected chi connectivity index (χ4v) is 2.22. The molecule has 0 unspecified atom stereocenters. The van der Waals surface area contributed by atoms with E-state index in [1.165, 1.54) is 18.2 Å². The first-order valence-electron chi connectivity index (χ1n) is 7.56. The largest absolute Gasteiger partial charge is 0.507 e. The maximum Gasteiger partial charge on any atom is 0.342 e. The Morgan fingerprint density at radius 1 is 1.16 bits per heavy atom. The number of halogens is 1. The van der Waals surface area contributed by atoms with E-state index in [1.807, 2.05) is 0 Å². The molecule has 25 heavy (non-hydrogen) atoms. The molecule has 2 rings (SSSR count). The Hall–Kier alpha value is -2.47.